The summed E-state index contributed by atoms with van der Waals surface area (Å²) in [6.45, 7) is 6.80. The first-order chi connectivity index (χ1) is 8.98. The molecule has 0 unspecified atom stereocenters. The summed E-state index contributed by atoms with van der Waals surface area (Å²) in [6.07, 6.45) is 2.59. The Hall–Kier alpha value is -1.36. The molecule has 0 radical (unpaired) electrons. The van der Waals surface area contributed by atoms with Crippen molar-refractivity contribution in [1.29, 1.82) is 0 Å². The number of nitrogens with one attached hydrogen (secondary N) is 1. The number of aryl methyl sites for hydroxylation is 2. The zero-order valence-corrected chi connectivity index (χ0v) is 12.4. The Kier molecular flexibility index (Phi) is 5.54. The topological polar surface area (TPSA) is 67.2 Å². The summed E-state index contributed by atoms with van der Waals surface area (Å²) < 4.78 is 1.59. The van der Waals surface area contributed by atoms with Crippen LogP contribution in [0.4, 0.5) is 0 Å². The Bertz CT molecular complexity index is 422. The third kappa shape index (κ3) is 3.80. The van der Waals surface area contributed by atoms with Crippen LogP contribution in [-0.2, 0) is 7.05 Å². The highest BCUT2D eigenvalue weighted by Crippen LogP contribution is 2.29. The summed E-state index contributed by atoms with van der Waals surface area (Å²) >= 11 is 0. The van der Waals surface area contributed by atoms with E-state index in [4.69, 9.17) is 5.11 Å². The maximum atomic E-state index is 12.1. The maximum absolute atomic E-state index is 12.1. The first-order valence-electron chi connectivity index (χ1n) is 6.87. The molecule has 0 aliphatic rings. The van der Waals surface area contributed by atoms with Crippen molar-refractivity contribution in [3.05, 3.63) is 17.5 Å². The Labute approximate surface area is 115 Å². The fourth-order valence-electron chi connectivity index (χ4n) is 2.36. The van der Waals surface area contributed by atoms with E-state index in [1.54, 1.807) is 17.8 Å². The van der Waals surface area contributed by atoms with Crippen LogP contribution in [0.2, 0.25) is 0 Å². The van der Waals surface area contributed by atoms with Gasteiger partial charge in [-0.1, -0.05) is 13.8 Å². The smallest absolute Gasteiger partial charge is 0.269 e. The van der Waals surface area contributed by atoms with Crippen LogP contribution in [0.25, 0.3) is 0 Å². The van der Waals surface area contributed by atoms with Crippen LogP contribution in [0.1, 0.15) is 49.3 Å². The monoisotopic (exact) mass is 267 g/mol. The molecular weight excluding hydrogens is 242 g/mol. The van der Waals surface area contributed by atoms with Crippen LogP contribution in [0.15, 0.2) is 6.07 Å². The standard InChI is InChI=1S/C14H25N3O2/c1-5-14(6-2,7-8-18)10-15-13(19)12-9-11(3)16-17(12)4/h9,18H,5-8,10H2,1-4H3,(H,15,19). The van der Waals surface area contributed by atoms with Crippen LogP contribution < -0.4 is 5.32 Å². The molecule has 0 saturated carbocycles. The number of aliphatic hydroxyl groups excluding tert-OH is 1. The Balaban J connectivity index is 2.69. The molecule has 0 bridgehead atoms. The molecule has 0 saturated heterocycles. The van der Waals surface area contributed by atoms with Gasteiger partial charge in [-0.2, -0.15) is 5.10 Å². The highest BCUT2D eigenvalue weighted by molar-refractivity contribution is 5.92. The molecule has 5 heteroatoms. The van der Waals surface area contributed by atoms with Crippen molar-refractivity contribution in [2.45, 2.75) is 40.0 Å². The van der Waals surface area contributed by atoms with Crippen molar-refractivity contribution in [2.24, 2.45) is 12.5 Å². The zero-order chi connectivity index (χ0) is 14.5. The molecule has 1 aromatic rings. The fraction of sp³-hybridized carbons (Fsp3) is 0.714. The van der Waals surface area contributed by atoms with E-state index in [-0.39, 0.29) is 17.9 Å². The minimum atomic E-state index is -0.104. The molecule has 1 heterocycles. The SMILES string of the molecule is CCC(CC)(CCO)CNC(=O)c1cc(C)nn1C. The summed E-state index contributed by atoms with van der Waals surface area (Å²) in [6, 6.07) is 1.78. The average molecular weight is 267 g/mol. The van der Waals surface area contributed by atoms with Gasteiger partial charge >= 0.3 is 0 Å². The zero-order valence-electron chi connectivity index (χ0n) is 12.4. The van der Waals surface area contributed by atoms with Crippen LogP contribution >= 0.6 is 0 Å². The van der Waals surface area contributed by atoms with Gasteiger partial charge in [0.25, 0.3) is 5.91 Å². The van der Waals surface area contributed by atoms with Crippen molar-refractivity contribution < 1.29 is 9.90 Å². The van der Waals surface area contributed by atoms with Crippen molar-refractivity contribution in [3.8, 4) is 0 Å². The first kappa shape index (κ1) is 15.7. The molecular formula is C14H25N3O2. The number of rotatable bonds is 7. The lowest BCUT2D eigenvalue weighted by molar-refractivity contribution is 0.0898. The van der Waals surface area contributed by atoms with Crippen molar-refractivity contribution >= 4 is 5.91 Å². The number of aliphatic hydroxyl groups is 1. The summed E-state index contributed by atoms with van der Waals surface area (Å²) in [5.74, 6) is -0.104. The molecule has 0 atom stereocenters. The minimum Gasteiger partial charge on any atom is -0.396 e. The second-order valence-electron chi connectivity index (χ2n) is 5.16. The van der Waals surface area contributed by atoms with Crippen molar-refractivity contribution in [2.75, 3.05) is 13.2 Å². The number of carbonyl (C=O) groups excluding carboxylic acids is 1. The molecule has 1 aromatic heterocycles. The van der Waals surface area contributed by atoms with Gasteiger partial charge in [0.2, 0.25) is 0 Å². The molecule has 2 N–H and O–H groups in total. The van der Waals surface area contributed by atoms with E-state index in [0.717, 1.165) is 18.5 Å². The van der Waals surface area contributed by atoms with Crippen molar-refractivity contribution in [1.82, 2.24) is 15.1 Å². The highest BCUT2D eigenvalue weighted by Gasteiger charge is 2.26. The van der Waals surface area contributed by atoms with Gasteiger partial charge in [0.05, 0.1) is 5.69 Å². The summed E-state index contributed by atoms with van der Waals surface area (Å²) in [4.78, 5) is 12.1. The largest absolute Gasteiger partial charge is 0.396 e. The van der Waals surface area contributed by atoms with Crippen LogP contribution in [-0.4, -0.2) is 33.9 Å². The molecule has 0 spiro atoms. The predicted molar refractivity (Wildman–Crippen MR) is 75.0 cm³/mol. The quantitative estimate of drug-likeness (QED) is 0.789. The van der Waals surface area contributed by atoms with Crippen LogP contribution in [0, 0.1) is 12.3 Å². The Morgan fingerprint density at radius 3 is 2.53 bits per heavy atom. The minimum absolute atomic E-state index is 0.0158. The molecule has 5 nitrogen and oxygen atoms in total. The van der Waals surface area contributed by atoms with E-state index in [1.165, 1.54) is 0 Å². The van der Waals surface area contributed by atoms with Gasteiger partial charge in [0.1, 0.15) is 5.69 Å². The molecule has 0 aromatic carbocycles. The van der Waals surface area contributed by atoms with E-state index >= 15 is 0 Å². The van der Waals surface area contributed by atoms with Gasteiger partial charge in [-0.3, -0.25) is 9.48 Å². The first-order valence-corrected chi connectivity index (χ1v) is 6.87. The summed E-state index contributed by atoms with van der Waals surface area (Å²) in [7, 11) is 1.77. The van der Waals surface area contributed by atoms with E-state index in [9.17, 15) is 4.79 Å². The molecule has 0 fully saturated rings. The van der Waals surface area contributed by atoms with E-state index in [1.807, 2.05) is 6.92 Å². The van der Waals surface area contributed by atoms with Gasteiger partial charge < -0.3 is 10.4 Å². The van der Waals surface area contributed by atoms with Gasteiger partial charge in [0.15, 0.2) is 0 Å². The van der Waals surface area contributed by atoms with E-state index in [2.05, 4.69) is 24.3 Å². The normalized spacial score (nSPS) is 11.6. The summed E-state index contributed by atoms with van der Waals surface area (Å²) in [5, 5.41) is 16.3. The van der Waals surface area contributed by atoms with Gasteiger partial charge in [-0.25, -0.2) is 0 Å². The fourth-order valence-corrected chi connectivity index (χ4v) is 2.36. The van der Waals surface area contributed by atoms with E-state index < -0.39 is 0 Å². The van der Waals surface area contributed by atoms with Crippen LogP contribution in [0.3, 0.4) is 0 Å². The van der Waals surface area contributed by atoms with Crippen molar-refractivity contribution in [3.63, 3.8) is 0 Å². The van der Waals surface area contributed by atoms with Gasteiger partial charge in [0, 0.05) is 20.2 Å². The number of amides is 1. The molecule has 108 valence electrons. The third-order valence-corrected chi connectivity index (χ3v) is 4.00. The molecule has 0 aliphatic carbocycles. The van der Waals surface area contributed by atoms with Crippen LogP contribution in [0.5, 0.6) is 0 Å². The lowest BCUT2D eigenvalue weighted by Crippen LogP contribution is -2.38. The molecule has 1 amide bonds. The Morgan fingerprint density at radius 1 is 1.47 bits per heavy atom. The predicted octanol–water partition coefficient (Wildman–Crippen LogP) is 1.65. The summed E-state index contributed by atoms with van der Waals surface area (Å²) in [5.41, 5.74) is 1.39. The second kappa shape index (κ2) is 6.70. The second-order valence-corrected chi connectivity index (χ2v) is 5.16. The van der Waals surface area contributed by atoms with Gasteiger partial charge in [-0.05, 0) is 37.7 Å². The molecule has 0 aliphatic heterocycles. The molecule has 1 rings (SSSR count). The number of aromatic nitrogens is 2. The number of nitrogens with zero attached hydrogens (tertiary/aromatic N) is 2. The Morgan fingerprint density at radius 2 is 2.11 bits per heavy atom. The maximum Gasteiger partial charge on any atom is 0.269 e. The average Bonchev–Trinajstić information content (AvgIpc) is 2.73. The number of hydrogen-bond donors (Lipinski definition) is 2. The lowest BCUT2D eigenvalue weighted by Gasteiger charge is -2.31. The molecule has 19 heavy (non-hydrogen) atoms. The lowest BCUT2D eigenvalue weighted by atomic mass is 9.79. The van der Waals surface area contributed by atoms with E-state index in [0.29, 0.717) is 18.7 Å². The number of hydrogen-bond acceptors (Lipinski definition) is 3. The highest BCUT2D eigenvalue weighted by atomic mass is 16.3. The third-order valence-electron chi connectivity index (χ3n) is 4.00. The van der Waals surface area contributed by atoms with Gasteiger partial charge in [-0.15, -0.1) is 0 Å². The number of carbonyl (C=O) groups is 1.